The second-order valence-electron chi connectivity index (χ2n) is 11.3. The van der Waals surface area contributed by atoms with Crippen molar-refractivity contribution in [3.05, 3.63) is 102 Å². The summed E-state index contributed by atoms with van der Waals surface area (Å²) < 4.78 is 10.4. The molecule has 240 valence electrons. The lowest BCUT2D eigenvalue weighted by molar-refractivity contribution is -0.131. The minimum Gasteiger partial charge on any atom is -0.497 e. The van der Waals surface area contributed by atoms with Crippen molar-refractivity contribution in [3.8, 4) is 11.5 Å². The van der Waals surface area contributed by atoms with Crippen LogP contribution in [0.5, 0.6) is 11.5 Å². The Morgan fingerprint density at radius 2 is 1.33 bits per heavy atom. The Kier molecular flexibility index (Phi) is 11.7. The molecule has 46 heavy (non-hydrogen) atoms. The van der Waals surface area contributed by atoms with Crippen LogP contribution in [0.4, 0.5) is 0 Å². The summed E-state index contributed by atoms with van der Waals surface area (Å²) in [4.78, 5) is 44.9. The highest BCUT2D eigenvalue weighted by Gasteiger charge is 2.33. The van der Waals surface area contributed by atoms with Gasteiger partial charge >= 0.3 is 7.12 Å². The summed E-state index contributed by atoms with van der Waals surface area (Å²) in [5.74, 6) is -1.87. The van der Waals surface area contributed by atoms with Crippen LogP contribution in [-0.2, 0) is 22.4 Å². The SMILES string of the molecule is COc1ccc(C[C@H](NC(=O)[C@@H](NC(=O)[C@H](Cc2ccc(OC)cc2)NC(=O)c2cc3ccccc3cn2)C(C)C)B(O)O)cc1. The summed E-state index contributed by atoms with van der Waals surface area (Å²) in [6, 6.07) is 21.1. The number of carbonyl (C=O) groups excluding carboxylic acids is 3. The molecule has 3 amide bonds. The minimum atomic E-state index is -1.86. The van der Waals surface area contributed by atoms with Gasteiger partial charge in [0, 0.05) is 18.0 Å². The zero-order valence-corrected chi connectivity index (χ0v) is 26.3. The Hall–Kier alpha value is -4.94. The van der Waals surface area contributed by atoms with Crippen molar-refractivity contribution >= 4 is 35.6 Å². The molecule has 1 heterocycles. The molecule has 5 N–H and O–H groups in total. The summed E-state index contributed by atoms with van der Waals surface area (Å²) in [6.07, 6.45) is 1.85. The Morgan fingerprint density at radius 3 is 1.87 bits per heavy atom. The van der Waals surface area contributed by atoms with Gasteiger partial charge in [-0.25, -0.2) is 0 Å². The van der Waals surface area contributed by atoms with E-state index in [-0.39, 0.29) is 24.5 Å². The van der Waals surface area contributed by atoms with E-state index in [2.05, 4.69) is 20.9 Å². The lowest BCUT2D eigenvalue weighted by atomic mass is 9.75. The van der Waals surface area contributed by atoms with Gasteiger partial charge < -0.3 is 35.5 Å². The Bertz CT molecular complexity index is 1630. The van der Waals surface area contributed by atoms with E-state index in [1.165, 1.54) is 0 Å². The number of methoxy groups -OCH3 is 2. The molecule has 0 bridgehead atoms. The number of pyridine rings is 1. The third-order valence-corrected chi connectivity index (χ3v) is 7.63. The van der Waals surface area contributed by atoms with E-state index >= 15 is 0 Å². The fraction of sp³-hybridized carbons (Fsp3) is 0.294. The van der Waals surface area contributed by atoms with Crippen molar-refractivity contribution in [3.63, 3.8) is 0 Å². The number of nitrogens with one attached hydrogen (secondary N) is 3. The van der Waals surface area contributed by atoms with E-state index in [1.54, 1.807) is 88.9 Å². The quantitative estimate of drug-likeness (QED) is 0.134. The van der Waals surface area contributed by atoms with Crippen molar-refractivity contribution in [1.29, 1.82) is 0 Å². The summed E-state index contributed by atoms with van der Waals surface area (Å²) in [6.45, 7) is 3.52. The number of fused-ring (bicyclic) bond motifs is 1. The lowest BCUT2D eigenvalue weighted by Crippen LogP contribution is -2.59. The fourth-order valence-electron chi connectivity index (χ4n) is 4.95. The second kappa shape index (κ2) is 15.9. The minimum absolute atomic E-state index is 0.122. The molecule has 12 heteroatoms. The summed E-state index contributed by atoms with van der Waals surface area (Å²) >= 11 is 0. The van der Waals surface area contributed by atoms with Crippen molar-refractivity contribution in [2.24, 2.45) is 5.92 Å². The molecule has 0 saturated carbocycles. The van der Waals surface area contributed by atoms with E-state index in [9.17, 15) is 24.4 Å². The van der Waals surface area contributed by atoms with E-state index in [1.807, 2.05) is 24.3 Å². The number of carbonyl (C=O) groups is 3. The van der Waals surface area contributed by atoms with Crippen LogP contribution in [0.15, 0.2) is 85.1 Å². The van der Waals surface area contributed by atoms with Crippen molar-refractivity contribution in [2.75, 3.05) is 14.2 Å². The number of hydrogen-bond donors (Lipinski definition) is 5. The van der Waals surface area contributed by atoms with Gasteiger partial charge in [0.25, 0.3) is 5.91 Å². The molecule has 0 saturated heterocycles. The van der Waals surface area contributed by atoms with Gasteiger partial charge in [-0.15, -0.1) is 0 Å². The molecule has 0 unspecified atom stereocenters. The molecule has 0 aliphatic rings. The molecule has 0 radical (unpaired) electrons. The average Bonchev–Trinajstić information content (AvgIpc) is 3.06. The van der Waals surface area contributed by atoms with E-state index in [4.69, 9.17) is 9.47 Å². The van der Waals surface area contributed by atoms with E-state index in [0.29, 0.717) is 11.5 Å². The van der Waals surface area contributed by atoms with Crippen LogP contribution in [0.25, 0.3) is 10.8 Å². The van der Waals surface area contributed by atoms with Crippen molar-refractivity contribution < 1.29 is 33.9 Å². The maximum Gasteiger partial charge on any atom is 0.475 e. The smallest absolute Gasteiger partial charge is 0.475 e. The molecule has 11 nitrogen and oxygen atoms in total. The summed E-state index contributed by atoms with van der Waals surface area (Å²) in [5, 5.41) is 30.0. The Morgan fingerprint density at radius 1 is 0.761 bits per heavy atom. The van der Waals surface area contributed by atoms with Crippen LogP contribution in [-0.4, -0.2) is 72.1 Å². The molecule has 4 aromatic rings. The summed E-state index contributed by atoms with van der Waals surface area (Å²) in [5.41, 5.74) is 1.64. The van der Waals surface area contributed by atoms with Gasteiger partial charge in [0.1, 0.15) is 29.3 Å². The van der Waals surface area contributed by atoms with Crippen molar-refractivity contribution in [2.45, 2.75) is 44.7 Å². The van der Waals surface area contributed by atoms with Crippen LogP contribution >= 0.6 is 0 Å². The fourth-order valence-corrected chi connectivity index (χ4v) is 4.95. The predicted octanol–water partition coefficient (Wildman–Crippen LogP) is 2.47. The number of aromatic nitrogens is 1. The molecule has 3 atom stereocenters. The van der Waals surface area contributed by atoms with Gasteiger partial charge in [0.2, 0.25) is 11.8 Å². The van der Waals surface area contributed by atoms with Gasteiger partial charge in [0.05, 0.1) is 20.2 Å². The van der Waals surface area contributed by atoms with Gasteiger partial charge in [-0.3, -0.25) is 19.4 Å². The maximum atomic E-state index is 13.8. The normalized spacial score (nSPS) is 12.9. The number of rotatable bonds is 14. The first-order valence-electron chi connectivity index (χ1n) is 15.0. The summed E-state index contributed by atoms with van der Waals surface area (Å²) in [7, 11) is 1.24. The standard InChI is InChI=1S/C34H39BN4O7/c1-21(2)31(34(42)38-30(35(43)44)18-23-11-15-27(46-4)16-12-23)39-33(41)29(17-22-9-13-26(45-3)14-10-22)37-32(40)28-19-24-7-5-6-8-25(24)20-36-28/h5-16,19-21,29-31,43-44H,17-18H2,1-4H3,(H,37,40)(H,38,42)(H,39,41)/t29-,30-,31-/m0/s1. The molecule has 0 fully saturated rings. The number of ether oxygens (including phenoxy) is 2. The third kappa shape index (κ3) is 9.05. The third-order valence-electron chi connectivity index (χ3n) is 7.63. The molecule has 3 aromatic carbocycles. The highest BCUT2D eigenvalue weighted by Crippen LogP contribution is 2.17. The van der Waals surface area contributed by atoms with Crippen LogP contribution in [0.2, 0.25) is 0 Å². The molecule has 1 aromatic heterocycles. The topological polar surface area (TPSA) is 159 Å². The highest BCUT2D eigenvalue weighted by atomic mass is 16.5. The van der Waals surface area contributed by atoms with Crippen molar-refractivity contribution in [1.82, 2.24) is 20.9 Å². The maximum absolute atomic E-state index is 13.8. The second-order valence-corrected chi connectivity index (χ2v) is 11.3. The monoisotopic (exact) mass is 626 g/mol. The number of amides is 3. The van der Waals surface area contributed by atoms with Gasteiger partial charge in [-0.1, -0.05) is 62.4 Å². The van der Waals surface area contributed by atoms with Crippen LogP contribution < -0.4 is 25.4 Å². The zero-order valence-electron chi connectivity index (χ0n) is 26.3. The number of hydrogen-bond acceptors (Lipinski definition) is 8. The molecule has 4 rings (SSSR count). The average molecular weight is 627 g/mol. The highest BCUT2D eigenvalue weighted by molar-refractivity contribution is 6.43. The molecule has 0 spiro atoms. The van der Waals surface area contributed by atoms with Gasteiger partial charge in [-0.05, 0) is 59.2 Å². The molecular weight excluding hydrogens is 587 g/mol. The van der Waals surface area contributed by atoms with Gasteiger partial charge in [-0.2, -0.15) is 0 Å². The largest absolute Gasteiger partial charge is 0.497 e. The van der Waals surface area contributed by atoms with E-state index < -0.39 is 42.9 Å². The first-order chi connectivity index (χ1) is 22.1. The molecule has 0 aliphatic carbocycles. The first kappa shape index (κ1) is 33.9. The number of nitrogens with zero attached hydrogens (tertiary/aromatic N) is 1. The van der Waals surface area contributed by atoms with Crippen LogP contribution in [0, 0.1) is 5.92 Å². The van der Waals surface area contributed by atoms with Crippen LogP contribution in [0.3, 0.4) is 0 Å². The first-order valence-corrected chi connectivity index (χ1v) is 15.0. The lowest BCUT2D eigenvalue weighted by Gasteiger charge is -2.27. The van der Waals surface area contributed by atoms with Crippen LogP contribution in [0.1, 0.15) is 35.5 Å². The van der Waals surface area contributed by atoms with Gasteiger partial charge in [0.15, 0.2) is 0 Å². The van der Waals surface area contributed by atoms with E-state index in [0.717, 1.165) is 21.9 Å². The Labute approximate surface area is 268 Å². The number of benzene rings is 3. The molecular formula is C34H39BN4O7. The Balaban J connectivity index is 1.52. The molecule has 0 aliphatic heterocycles. The zero-order chi connectivity index (χ0) is 33.2. The predicted molar refractivity (Wildman–Crippen MR) is 175 cm³/mol.